The van der Waals surface area contributed by atoms with Gasteiger partial charge in [0.2, 0.25) is 5.91 Å². The second-order valence-corrected chi connectivity index (χ2v) is 7.09. The quantitative estimate of drug-likeness (QED) is 0.824. The van der Waals surface area contributed by atoms with Crippen LogP contribution in [0.15, 0.2) is 30.5 Å². The lowest BCUT2D eigenvalue weighted by Gasteiger charge is -2.21. The molecule has 2 heterocycles. The summed E-state index contributed by atoms with van der Waals surface area (Å²) in [7, 11) is 0. The van der Waals surface area contributed by atoms with E-state index in [4.69, 9.17) is 4.18 Å². The summed E-state index contributed by atoms with van der Waals surface area (Å²) < 4.78 is 5.08. The molecule has 2 aliphatic rings. The fourth-order valence-electron chi connectivity index (χ4n) is 2.39. The second-order valence-electron chi connectivity index (χ2n) is 5.88. The van der Waals surface area contributed by atoms with Crippen LogP contribution in [0.3, 0.4) is 0 Å². The largest absolute Gasteiger partial charge is 0.431 e. The summed E-state index contributed by atoms with van der Waals surface area (Å²) in [4.78, 5) is 23.7. The molecule has 6 heteroatoms. The van der Waals surface area contributed by atoms with Crippen molar-refractivity contribution >= 4 is 29.5 Å². The standard InChI is InChI=1S/C15H16N2O3S/c1-14(2)10-8-9(4-5-11(10)16-13(14)19)12(18)17-15(3)6-7-20-21-15/h4-8H,1-3H3,(H,16,19)(H,17,18). The van der Waals surface area contributed by atoms with Crippen LogP contribution in [0, 0.1) is 0 Å². The van der Waals surface area contributed by atoms with Gasteiger partial charge < -0.3 is 14.8 Å². The third-order valence-electron chi connectivity index (χ3n) is 3.80. The third kappa shape index (κ3) is 2.29. The molecule has 3 rings (SSSR count). The van der Waals surface area contributed by atoms with Gasteiger partial charge in [0.05, 0.1) is 17.5 Å². The van der Waals surface area contributed by atoms with Crippen LogP contribution in [0.5, 0.6) is 0 Å². The van der Waals surface area contributed by atoms with Crippen LogP contribution < -0.4 is 10.6 Å². The maximum absolute atomic E-state index is 12.4. The van der Waals surface area contributed by atoms with E-state index in [2.05, 4.69) is 10.6 Å². The predicted molar refractivity (Wildman–Crippen MR) is 81.8 cm³/mol. The number of fused-ring (bicyclic) bond motifs is 1. The summed E-state index contributed by atoms with van der Waals surface area (Å²) in [6.07, 6.45) is 3.34. The minimum atomic E-state index is -0.624. The number of carbonyl (C=O) groups is 2. The van der Waals surface area contributed by atoms with Gasteiger partial charge in [0.15, 0.2) is 0 Å². The Balaban J connectivity index is 1.88. The molecule has 0 aliphatic carbocycles. The molecule has 1 aromatic rings. The molecule has 1 aromatic carbocycles. The van der Waals surface area contributed by atoms with Crippen LogP contribution >= 0.6 is 12.0 Å². The molecule has 0 bridgehead atoms. The average Bonchev–Trinajstić information content (AvgIpc) is 2.93. The van der Waals surface area contributed by atoms with E-state index in [1.807, 2.05) is 20.8 Å². The van der Waals surface area contributed by atoms with Gasteiger partial charge in [0.25, 0.3) is 5.91 Å². The molecular weight excluding hydrogens is 288 g/mol. The molecule has 5 nitrogen and oxygen atoms in total. The Morgan fingerprint density at radius 2 is 2.10 bits per heavy atom. The summed E-state index contributed by atoms with van der Waals surface area (Å²) in [5.41, 5.74) is 1.52. The van der Waals surface area contributed by atoms with Crippen molar-refractivity contribution in [3.8, 4) is 0 Å². The molecule has 0 aromatic heterocycles. The first-order valence-corrected chi connectivity index (χ1v) is 7.37. The Morgan fingerprint density at radius 1 is 1.33 bits per heavy atom. The second kappa shape index (κ2) is 4.53. The summed E-state index contributed by atoms with van der Waals surface area (Å²) in [5.74, 6) is -0.247. The Kier molecular flexibility index (Phi) is 3.02. The van der Waals surface area contributed by atoms with E-state index in [-0.39, 0.29) is 11.8 Å². The molecule has 2 aliphatic heterocycles. The maximum atomic E-state index is 12.4. The summed E-state index contributed by atoms with van der Waals surface area (Å²) in [5, 5.41) is 5.74. The van der Waals surface area contributed by atoms with Crippen molar-refractivity contribution < 1.29 is 13.8 Å². The number of rotatable bonds is 2. The lowest BCUT2D eigenvalue weighted by molar-refractivity contribution is -0.119. The van der Waals surface area contributed by atoms with Gasteiger partial charge in [-0.3, -0.25) is 9.59 Å². The van der Waals surface area contributed by atoms with E-state index < -0.39 is 10.3 Å². The Hall–Kier alpha value is -1.95. The van der Waals surface area contributed by atoms with Gasteiger partial charge in [0.1, 0.15) is 11.1 Å². The summed E-state index contributed by atoms with van der Waals surface area (Å²) >= 11 is 1.18. The Labute approximate surface area is 127 Å². The highest BCUT2D eigenvalue weighted by atomic mass is 32.2. The number of nitrogens with one attached hydrogen (secondary N) is 2. The van der Waals surface area contributed by atoms with E-state index in [1.54, 1.807) is 30.5 Å². The molecule has 21 heavy (non-hydrogen) atoms. The lowest BCUT2D eigenvalue weighted by Crippen LogP contribution is -2.40. The van der Waals surface area contributed by atoms with Gasteiger partial charge in [-0.2, -0.15) is 0 Å². The predicted octanol–water partition coefficient (Wildman–Crippen LogP) is 2.55. The highest BCUT2D eigenvalue weighted by Gasteiger charge is 2.39. The highest BCUT2D eigenvalue weighted by molar-refractivity contribution is 7.96. The molecular formula is C15H16N2O3S. The first-order chi connectivity index (χ1) is 9.82. The van der Waals surface area contributed by atoms with Crippen LogP contribution in [0.4, 0.5) is 5.69 Å². The van der Waals surface area contributed by atoms with Crippen LogP contribution in [0.25, 0.3) is 0 Å². The smallest absolute Gasteiger partial charge is 0.252 e. The lowest BCUT2D eigenvalue weighted by atomic mass is 9.85. The monoisotopic (exact) mass is 304 g/mol. The number of carbonyl (C=O) groups excluding carboxylic acids is 2. The molecule has 2 amide bonds. The van der Waals surface area contributed by atoms with Crippen molar-refractivity contribution in [2.24, 2.45) is 0 Å². The maximum Gasteiger partial charge on any atom is 0.252 e. The van der Waals surface area contributed by atoms with Crippen molar-refractivity contribution in [3.63, 3.8) is 0 Å². The third-order valence-corrected chi connectivity index (χ3v) is 4.59. The average molecular weight is 304 g/mol. The number of amides is 2. The highest BCUT2D eigenvalue weighted by Crippen LogP contribution is 2.38. The van der Waals surface area contributed by atoms with Gasteiger partial charge in [-0.05, 0) is 50.6 Å². The van der Waals surface area contributed by atoms with Crippen molar-refractivity contribution in [1.29, 1.82) is 0 Å². The first kappa shape index (κ1) is 14.0. The van der Waals surface area contributed by atoms with Gasteiger partial charge in [-0.25, -0.2) is 0 Å². The SMILES string of the molecule is CC1(NC(=O)c2ccc3c(c2)C(C)(C)C(=O)N3)C=COS1. The fraction of sp³-hybridized carbons (Fsp3) is 0.333. The van der Waals surface area contributed by atoms with Crippen molar-refractivity contribution in [2.45, 2.75) is 31.1 Å². The van der Waals surface area contributed by atoms with Gasteiger partial charge in [-0.1, -0.05) is 0 Å². The first-order valence-electron chi connectivity index (χ1n) is 6.62. The van der Waals surface area contributed by atoms with E-state index in [1.165, 1.54) is 12.0 Å². The zero-order valence-electron chi connectivity index (χ0n) is 12.0. The van der Waals surface area contributed by atoms with Crippen LogP contribution in [0.1, 0.15) is 36.7 Å². The number of hydrogen-bond acceptors (Lipinski definition) is 4. The molecule has 1 atom stereocenters. The molecule has 0 saturated heterocycles. The van der Waals surface area contributed by atoms with Gasteiger partial charge >= 0.3 is 0 Å². The van der Waals surface area contributed by atoms with Crippen LogP contribution in [0.2, 0.25) is 0 Å². The zero-order chi connectivity index (χ0) is 15.3. The molecule has 1 unspecified atom stereocenters. The van der Waals surface area contributed by atoms with Gasteiger partial charge in [0, 0.05) is 11.3 Å². The Morgan fingerprint density at radius 3 is 2.76 bits per heavy atom. The van der Waals surface area contributed by atoms with E-state index in [0.29, 0.717) is 5.56 Å². The topological polar surface area (TPSA) is 67.4 Å². The summed E-state index contributed by atoms with van der Waals surface area (Å²) in [6.45, 7) is 5.56. The minimum Gasteiger partial charge on any atom is -0.431 e. The number of hydrogen-bond donors (Lipinski definition) is 2. The summed E-state index contributed by atoms with van der Waals surface area (Å²) in [6, 6.07) is 5.26. The van der Waals surface area contributed by atoms with E-state index in [9.17, 15) is 9.59 Å². The Bertz CT molecular complexity index is 669. The number of benzene rings is 1. The van der Waals surface area contributed by atoms with Crippen molar-refractivity contribution in [1.82, 2.24) is 5.32 Å². The minimum absolute atomic E-state index is 0.0512. The normalized spacial score (nSPS) is 25.2. The van der Waals surface area contributed by atoms with Crippen LogP contribution in [-0.4, -0.2) is 16.7 Å². The molecule has 0 fully saturated rings. The molecule has 0 spiro atoms. The molecule has 0 radical (unpaired) electrons. The molecule has 0 saturated carbocycles. The number of anilines is 1. The van der Waals surface area contributed by atoms with E-state index in [0.717, 1.165) is 11.3 Å². The molecule has 110 valence electrons. The van der Waals surface area contributed by atoms with Crippen molar-refractivity contribution in [2.75, 3.05) is 5.32 Å². The fourth-order valence-corrected chi connectivity index (χ4v) is 2.94. The van der Waals surface area contributed by atoms with Gasteiger partial charge in [-0.15, -0.1) is 0 Å². The zero-order valence-corrected chi connectivity index (χ0v) is 12.8. The van der Waals surface area contributed by atoms with Crippen LogP contribution in [-0.2, 0) is 14.4 Å². The molecule has 2 N–H and O–H groups in total. The van der Waals surface area contributed by atoms with Crippen molar-refractivity contribution in [3.05, 3.63) is 41.7 Å². The van der Waals surface area contributed by atoms with E-state index >= 15 is 0 Å².